The van der Waals surface area contributed by atoms with E-state index in [1.807, 2.05) is 48.1 Å². The second-order valence-electron chi connectivity index (χ2n) is 5.00. The van der Waals surface area contributed by atoms with Gasteiger partial charge in [0.25, 0.3) is 0 Å². The van der Waals surface area contributed by atoms with Gasteiger partial charge in [0.1, 0.15) is 0 Å². The molecule has 5 heteroatoms. The molecule has 0 aliphatic heterocycles. The summed E-state index contributed by atoms with van der Waals surface area (Å²) in [5.74, 6) is -1.04. The molecule has 5 nitrogen and oxygen atoms in total. The number of hydrogen-bond acceptors (Lipinski definition) is 3. The van der Waals surface area contributed by atoms with Crippen LogP contribution in [-0.4, -0.2) is 25.8 Å². The number of benzene rings is 1. The first-order chi connectivity index (χ1) is 10.7. The van der Waals surface area contributed by atoms with Crippen LogP contribution in [0, 0.1) is 0 Å². The normalized spacial score (nSPS) is 12.0. The number of carboxylic acid groups (broad SMARTS) is 1. The number of aromatic nitrogens is 3. The van der Waals surface area contributed by atoms with Crippen molar-refractivity contribution in [3.05, 3.63) is 72.3 Å². The van der Waals surface area contributed by atoms with Gasteiger partial charge in [-0.25, -0.2) is 9.78 Å². The Morgan fingerprint density at radius 3 is 2.68 bits per heavy atom. The van der Waals surface area contributed by atoms with Crippen LogP contribution in [-0.2, 0) is 0 Å². The van der Waals surface area contributed by atoms with Crippen molar-refractivity contribution in [2.24, 2.45) is 0 Å². The Morgan fingerprint density at radius 2 is 1.95 bits per heavy atom. The molecule has 0 spiro atoms. The summed E-state index contributed by atoms with van der Waals surface area (Å²) in [6.07, 6.45) is 4.99. The summed E-state index contributed by atoms with van der Waals surface area (Å²) in [5.41, 5.74) is 2.49. The highest BCUT2D eigenvalue weighted by Gasteiger charge is 2.15. The molecule has 22 heavy (non-hydrogen) atoms. The zero-order valence-corrected chi connectivity index (χ0v) is 12.0. The topological polar surface area (TPSA) is 68.0 Å². The molecule has 0 aliphatic rings. The first-order valence-electron chi connectivity index (χ1n) is 6.94. The minimum atomic E-state index is -1.04. The van der Waals surface area contributed by atoms with E-state index < -0.39 is 5.97 Å². The van der Waals surface area contributed by atoms with Crippen molar-refractivity contribution in [2.45, 2.75) is 13.0 Å². The molecule has 0 saturated carbocycles. The molecule has 2 heterocycles. The molecular weight excluding hydrogens is 278 g/mol. The summed E-state index contributed by atoms with van der Waals surface area (Å²) in [5, 5.41) is 13.6. The van der Waals surface area contributed by atoms with Crippen molar-refractivity contribution < 1.29 is 9.90 Å². The van der Waals surface area contributed by atoms with Crippen molar-refractivity contribution in [1.29, 1.82) is 0 Å². The molecule has 0 amide bonds. The van der Waals surface area contributed by atoms with Crippen LogP contribution >= 0.6 is 0 Å². The Labute approximate surface area is 127 Å². The third-order valence-corrected chi connectivity index (χ3v) is 3.60. The van der Waals surface area contributed by atoms with Crippen LogP contribution in [0.1, 0.15) is 29.0 Å². The van der Waals surface area contributed by atoms with Crippen LogP contribution in [0.4, 0.5) is 0 Å². The van der Waals surface area contributed by atoms with E-state index in [-0.39, 0.29) is 11.7 Å². The second kappa shape index (κ2) is 5.81. The number of rotatable bonds is 4. The molecule has 0 saturated heterocycles. The lowest BCUT2D eigenvalue weighted by Gasteiger charge is -2.12. The summed E-state index contributed by atoms with van der Waals surface area (Å²) in [7, 11) is 0. The van der Waals surface area contributed by atoms with Crippen molar-refractivity contribution in [3.8, 4) is 11.1 Å². The molecule has 1 N–H and O–H groups in total. The lowest BCUT2D eigenvalue weighted by molar-refractivity contribution is 0.0691. The monoisotopic (exact) mass is 293 g/mol. The van der Waals surface area contributed by atoms with Gasteiger partial charge >= 0.3 is 5.97 Å². The van der Waals surface area contributed by atoms with Crippen LogP contribution in [0.5, 0.6) is 0 Å². The fourth-order valence-corrected chi connectivity index (χ4v) is 2.38. The molecule has 3 aromatic rings. The Hall–Kier alpha value is -2.95. The van der Waals surface area contributed by atoms with E-state index in [0.717, 1.165) is 11.1 Å². The van der Waals surface area contributed by atoms with Crippen molar-refractivity contribution in [3.63, 3.8) is 0 Å². The van der Waals surface area contributed by atoms with E-state index >= 15 is 0 Å². The third-order valence-electron chi connectivity index (χ3n) is 3.60. The zero-order valence-electron chi connectivity index (χ0n) is 12.0. The lowest BCUT2D eigenvalue weighted by Crippen LogP contribution is -2.06. The highest BCUT2D eigenvalue weighted by atomic mass is 16.4. The highest BCUT2D eigenvalue weighted by molar-refractivity contribution is 5.93. The molecule has 1 aromatic carbocycles. The van der Waals surface area contributed by atoms with Crippen LogP contribution in [0.15, 0.2) is 61.1 Å². The summed E-state index contributed by atoms with van der Waals surface area (Å²) < 4.78 is 1.82. The van der Waals surface area contributed by atoms with Crippen LogP contribution in [0.2, 0.25) is 0 Å². The number of hydrogen-bond donors (Lipinski definition) is 1. The molecule has 0 bridgehead atoms. The largest absolute Gasteiger partial charge is 0.476 e. The minimum Gasteiger partial charge on any atom is -0.476 e. The van der Waals surface area contributed by atoms with Gasteiger partial charge in [0.05, 0.1) is 12.2 Å². The van der Waals surface area contributed by atoms with Gasteiger partial charge in [-0.3, -0.25) is 4.68 Å². The number of carboxylic acids is 1. The number of carbonyl (C=O) groups is 1. The van der Waals surface area contributed by atoms with E-state index in [9.17, 15) is 9.90 Å². The maximum Gasteiger partial charge on any atom is 0.355 e. The van der Waals surface area contributed by atoms with Gasteiger partial charge in [-0.2, -0.15) is 5.10 Å². The Kier molecular flexibility index (Phi) is 3.70. The number of nitrogens with zero attached hydrogens (tertiary/aromatic N) is 3. The van der Waals surface area contributed by atoms with E-state index in [1.54, 1.807) is 18.3 Å². The molecule has 0 aliphatic carbocycles. The maximum atomic E-state index is 11.3. The average molecular weight is 293 g/mol. The minimum absolute atomic E-state index is 0.0365. The average Bonchev–Trinajstić information content (AvgIpc) is 3.04. The number of aromatic carboxylic acids is 1. The Morgan fingerprint density at radius 1 is 1.18 bits per heavy atom. The van der Waals surface area contributed by atoms with Crippen molar-refractivity contribution >= 4 is 5.97 Å². The first kappa shape index (κ1) is 14.0. The van der Waals surface area contributed by atoms with Gasteiger partial charge in [0, 0.05) is 23.5 Å². The molecule has 1 atom stereocenters. The third kappa shape index (κ3) is 2.61. The van der Waals surface area contributed by atoms with Crippen LogP contribution in [0.3, 0.4) is 0 Å². The Bertz CT molecular complexity index is 796. The molecule has 2 aromatic heterocycles. The molecule has 0 radical (unpaired) electrons. The van der Waals surface area contributed by atoms with E-state index in [0.29, 0.717) is 5.56 Å². The summed E-state index contributed by atoms with van der Waals surface area (Å²) in [4.78, 5) is 15.2. The standard InChI is InChI=1S/C17H15N3O2/c1-12(13-6-3-2-4-7-13)20-11-14(10-19-20)15-8-5-9-18-16(15)17(21)22/h2-12H,1H3,(H,21,22). The van der Waals surface area contributed by atoms with Gasteiger partial charge in [-0.05, 0) is 18.6 Å². The second-order valence-corrected chi connectivity index (χ2v) is 5.00. The molecule has 0 fully saturated rings. The van der Waals surface area contributed by atoms with Gasteiger partial charge in [-0.15, -0.1) is 0 Å². The van der Waals surface area contributed by atoms with Crippen molar-refractivity contribution in [1.82, 2.24) is 14.8 Å². The molecule has 110 valence electrons. The fraction of sp³-hybridized carbons (Fsp3) is 0.118. The van der Waals surface area contributed by atoms with E-state index in [2.05, 4.69) is 10.1 Å². The highest BCUT2D eigenvalue weighted by Crippen LogP contribution is 2.24. The quantitative estimate of drug-likeness (QED) is 0.801. The lowest BCUT2D eigenvalue weighted by atomic mass is 10.1. The SMILES string of the molecule is CC(c1ccccc1)n1cc(-c2cccnc2C(=O)O)cn1. The van der Waals surface area contributed by atoms with Gasteiger partial charge in [0.2, 0.25) is 0 Å². The van der Waals surface area contributed by atoms with Gasteiger partial charge < -0.3 is 5.11 Å². The smallest absolute Gasteiger partial charge is 0.355 e. The van der Waals surface area contributed by atoms with Crippen molar-refractivity contribution in [2.75, 3.05) is 0 Å². The fourth-order valence-electron chi connectivity index (χ4n) is 2.38. The van der Waals surface area contributed by atoms with Crippen LogP contribution in [0.25, 0.3) is 11.1 Å². The van der Waals surface area contributed by atoms with Crippen LogP contribution < -0.4 is 0 Å². The molecule has 1 unspecified atom stereocenters. The van der Waals surface area contributed by atoms with E-state index in [1.165, 1.54) is 6.20 Å². The first-order valence-corrected chi connectivity index (χ1v) is 6.94. The van der Waals surface area contributed by atoms with Gasteiger partial charge in [0.15, 0.2) is 5.69 Å². The molecular formula is C17H15N3O2. The zero-order chi connectivity index (χ0) is 15.5. The summed E-state index contributed by atoms with van der Waals surface area (Å²) in [6, 6.07) is 13.6. The summed E-state index contributed by atoms with van der Waals surface area (Å²) in [6.45, 7) is 2.05. The summed E-state index contributed by atoms with van der Waals surface area (Å²) >= 11 is 0. The van der Waals surface area contributed by atoms with E-state index in [4.69, 9.17) is 0 Å². The Balaban J connectivity index is 1.97. The maximum absolute atomic E-state index is 11.3. The predicted molar refractivity (Wildman–Crippen MR) is 82.7 cm³/mol. The predicted octanol–water partition coefficient (Wildman–Crippen LogP) is 3.25. The molecule has 3 rings (SSSR count). The number of pyridine rings is 1. The van der Waals surface area contributed by atoms with Gasteiger partial charge in [-0.1, -0.05) is 36.4 Å².